The molecule has 0 spiro atoms. The molecular weight excluding hydrogens is 1020 g/mol. The molecule has 0 aliphatic rings. The molecule has 0 radical (unpaired) electrons. The summed E-state index contributed by atoms with van der Waals surface area (Å²) in [5, 5.41) is 20.7. The number of benzene rings is 16. The molecule has 0 saturated heterocycles. The molecule has 18 aromatic rings. The predicted molar refractivity (Wildman–Crippen MR) is 356 cm³/mol. The first-order valence-corrected chi connectivity index (χ1v) is 29.0. The molecule has 0 unspecified atom stereocenters. The zero-order valence-electron chi connectivity index (χ0n) is 45.5. The number of hydrogen-bond donors (Lipinski definition) is 0. The first-order chi connectivity index (χ1) is 41.7. The van der Waals surface area contributed by atoms with Crippen LogP contribution in [0.2, 0.25) is 0 Å². The quantitative estimate of drug-likeness (QED) is 0.155. The molecule has 0 N–H and O–H groups in total. The topological polar surface area (TPSA) is 26.3 Å². The van der Waals surface area contributed by atoms with Crippen LogP contribution in [0.1, 0.15) is 0 Å². The number of fused-ring (bicyclic) bond motifs is 15. The van der Waals surface area contributed by atoms with Crippen LogP contribution in [0.3, 0.4) is 0 Å². The van der Waals surface area contributed by atoms with Gasteiger partial charge >= 0.3 is 0 Å². The second-order valence-electron chi connectivity index (χ2n) is 22.4. The predicted octanol–water partition coefficient (Wildman–Crippen LogP) is 23.6. The molecule has 0 fully saturated rings. The maximum absolute atomic E-state index is 7.59. The smallest absolute Gasteiger partial charge is 0.143 e. The van der Waals surface area contributed by atoms with Gasteiger partial charge in [0.2, 0.25) is 0 Å². The van der Waals surface area contributed by atoms with Crippen LogP contribution in [-0.4, -0.2) is 0 Å². The van der Waals surface area contributed by atoms with E-state index in [1.807, 2.05) is 0 Å². The summed E-state index contributed by atoms with van der Waals surface area (Å²) in [6, 6.07) is 107. The van der Waals surface area contributed by atoms with Gasteiger partial charge < -0.3 is 8.83 Å². The van der Waals surface area contributed by atoms with Crippen molar-refractivity contribution in [2.45, 2.75) is 0 Å². The fraction of sp³-hybridized carbons (Fsp3) is 0. The molecule has 16 aromatic carbocycles. The zero-order chi connectivity index (χ0) is 55.0. The monoisotopic (exact) mass is 1060 g/mol. The summed E-state index contributed by atoms with van der Waals surface area (Å²) in [5.41, 5.74) is 17.3. The molecule has 2 heteroatoms. The van der Waals surface area contributed by atoms with Gasteiger partial charge in [-0.05, 0) is 145 Å². The molecule has 0 atom stereocenters. The summed E-state index contributed by atoms with van der Waals surface area (Å²) < 4.78 is 15.0. The van der Waals surface area contributed by atoms with Gasteiger partial charge in [0.25, 0.3) is 0 Å². The van der Waals surface area contributed by atoms with E-state index in [0.29, 0.717) is 0 Å². The van der Waals surface area contributed by atoms with Crippen molar-refractivity contribution < 1.29 is 8.83 Å². The van der Waals surface area contributed by atoms with E-state index < -0.39 is 0 Å². The van der Waals surface area contributed by atoms with Gasteiger partial charge in [-0.25, -0.2) is 0 Å². The van der Waals surface area contributed by atoms with Crippen molar-refractivity contribution in [3.05, 3.63) is 291 Å². The highest BCUT2D eigenvalue weighted by atomic mass is 16.3. The lowest BCUT2D eigenvalue weighted by Gasteiger charge is -2.20. The maximum Gasteiger partial charge on any atom is 0.143 e. The van der Waals surface area contributed by atoms with Crippen LogP contribution in [0, 0.1) is 0 Å². The first kappa shape index (κ1) is 46.7. The lowest BCUT2D eigenvalue weighted by atomic mass is 9.83. The first-order valence-electron chi connectivity index (χ1n) is 29.0. The molecule has 388 valence electrons. The van der Waals surface area contributed by atoms with E-state index in [9.17, 15) is 0 Å². The van der Waals surface area contributed by atoms with Gasteiger partial charge in [0.05, 0.1) is 0 Å². The van der Waals surface area contributed by atoms with Gasteiger partial charge in [0.15, 0.2) is 0 Å². The molecule has 2 heterocycles. The minimum absolute atomic E-state index is 0.824. The Morgan fingerprint density at radius 1 is 0.179 bits per heavy atom. The Balaban J connectivity index is 1.03. The van der Waals surface area contributed by atoms with Gasteiger partial charge in [0.1, 0.15) is 22.3 Å². The summed E-state index contributed by atoms with van der Waals surface area (Å²) in [4.78, 5) is 0. The van der Waals surface area contributed by atoms with Crippen LogP contribution in [0.15, 0.2) is 300 Å². The Hall–Kier alpha value is -11.1. The van der Waals surface area contributed by atoms with E-state index in [2.05, 4.69) is 291 Å². The highest BCUT2D eigenvalue weighted by Crippen LogP contribution is 2.55. The van der Waals surface area contributed by atoms with Gasteiger partial charge in [0, 0.05) is 49.2 Å². The molecule has 0 bridgehead atoms. The van der Waals surface area contributed by atoms with Crippen molar-refractivity contribution in [2.75, 3.05) is 0 Å². The van der Waals surface area contributed by atoms with E-state index in [1.54, 1.807) is 0 Å². The fourth-order valence-electron chi connectivity index (χ4n) is 14.6. The molecule has 0 aliphatic carbocycles. The van der Waals surface area contributed by atoms with Crippen molar-refractivity contribution in [1.29, 1.82) is 0 Å². The number of furan rings is 2. The van der Waals surface area contributed by atoms with Gasteiger partial charge in [-0.15, -0.1) is 0 Å². The fourth-order valence-corrected chi connectivity index (χ4v) is 14.6. The Bertz CT molecular complexity index is 5590. The van der Waals surface area contributed by atoms with Crippen LogP contribution < -0.4 is 0 Å². The molecular formula is C82H48O2. The van der Waals surface area contributed by atoms with Crippen LogP contribution in [-0.2, 0) is 0 Å². The summed E-state index contributed by atoms with van der Waals surface area (Å²) in [5.74, 6) is 0. The number of para-hydroxylation sites is 1. The van der Waals surface area contributed by atoms with Gasteiger partial charge in [-0.2, -0.15) is 0 Å². The van der Waals surface area contributed by atoms with Crippen LogP contribution in [0.4, 0.5) is 0 Å². The van der Waals surface area contributed by atoms with Gasteiger partial charge in [-0.3, -0.25) is 0 Å². The highest BCUT2D eigenvalue weighted by Gasteiger charge is 2.28. The van der Waals surface area contributed by atoms with Crippen molar-refractivity contribution >= 4 is 119 Å². The summed E-state index contributed by atoms with van der Waals surface area (Å²) in [7, 11) is 0. The lowest BCUT2D eigenvalue weighted by Crippen LogP contribution is -1.93. The number of hydrogen-bond acceptors (Lipinski definition) is 2. The molecule has 2 nitrogen and oxygen atoms in total. The van der Waals surface area contributed by atoms with Crippen molar-refractivity contribution in [2.24, 2.45) is 0 Å². The van der Waals surface area contributed by atoms with Crippen molar-refractivity contribution in [3.8, 4) is 66.8 Å². The van der Waals surface area contributed by atoms with Crippen LogP contribution >= 0.6 is 0 Å². The minimum Gasteiger partial charge on any atom is -0.455 e. The van der Waals surface area contributed by atoms with E-state index in [1.165, 1.54) is 92.8 Å². The summed E-state index contributed by atoms with van der Waals surface area (Å²) >= 11 is 0. The normalized spacial score (nSPS) is 12.0. The standard InChI is InChI=1S/C82H48O2/c1-4-24-49(25-5-1)72-54-30-10-12-32-56(54)75(57-33-13-11-31-55(57)72)52-44-45-71-67(46-52)80-76-53(48-69(82(80)84-71)78-64-40-20-16-36-60(64)74(51-28-8-3-9-29-51)61-37-17-21-41-65(61)78)47-68(81-79(76)66-42-22-23-43-70(66)83-81)77-62-38-18-14-34-58(62)73(50-26-6-2-7-27-50)59-35-15-19-39-63(59)77/h1-48H. The Kier molecular flexibility index (Phi) is 10.1. The zero-order valence-corrected chi connectivity index (χ0v) is 45.5. The molecule has 0 amide bonds. The minimum atomic E-state index is 0.824. The Labute approximate surface area is 483 Å². The summed E-state index contributed by atoms with van der Waals surface area (Å²) in [6.07, 6.45) is 0. The Morgan fingerprint density at radius 3 is 0.810 bits per heavy atom. The molecule has 0 saturated carbocycles. The third kappa shape index (κ3) is 6.74. The third-order valence-corrected chi connectivity index (χ3v) is 18.0. The van der Waals surface area contributed by atoms with E-state index in [-0.39, 0.29) is 0 Å². The summed E-state index contributed by atoms with van der Waals surface area (Å²) in [6.45, 7) is 0. The molecule has 0 aliphatic heterocycles. The average molecular weight is 1070 g/mol. The van der Waals surface area contributed by atoms with Crippen molar-refractivity contribution in [3.63, 3.8) is 0 Å². The second-order valence-corrected chi connectivity index (χ2v) is 22.4. The molecule has 18 rings (SSSR count). The third-order valence-electron chi connectivity index (χ3n) is 18.0. The van der Waals surface area contributed by atoms with E-state index >= 15 is 0 Å². The van der Waals surface area contributed by atoms with Crippen LogP contribution in [0.25, 0.3) is 186 Å². The van der Waals surface area contributed by atoms with Crippen LogP contribution in [0.5, 0.6) is 0 Å². The molecule has 84 heavy (non-hydrogen) atoms. The molecule has 2 aromatic heterocycles. The van der Waals surface area contributed by atoms with E-state index in [0.717, 1.165) is 93.2 Å². The highest BCUT2D eigenvalue weighted by molar-refractivity contribution is 6.38. The Morgan fingerprint density at radius 2 is 0.452 bits per heavy atom. The number of rotatable bonds is 6. The largest absolute Gasteiger partial charge is 0.455 e. The SMILES string of the molecule is c1ccc(-c2c3ccccc3c(-c3ccc4oc5c(-c6c7ccccc7c(-c7ccccc7)c7ccccc67)cc6cc(-c7c8ccccc8c(-c8ccccc8)c8ccccc78)c7oc8ccccc8c7c6c5c4c3)c3ccccc23)cc1. The average Bonchev–Trinajstić information content (AvgIpc) is 1.56. The van der Waals surface area contributed by atoms with Crippen molar-refractivity contribution in [1.82, 2.24) is 0 Å². The van der Waals surface area contributed by atoms with E-state index in [4.69, 9.17) is 8.83 Å². The second kappa shape index (κ2) is 18.2. The van der Waals surface area contributed by atoms with Gasteiger partial charge in [-0.1, -0.05) is 261 Å². The lowest BCUT2D eigenvalue weighted by molar-refractivity contribution is 0.670. The maximum atomic E-state index is 7.59.